The molecule has 2 aliphatic carbocycles. The van der Waals surface area contributed by atoms with Crippen molar-refractivity contribution in [1.82, 2.24) is 24.9 Å². The molecule has 0 N–H and O–H groups in total. The van der Waals surface area contributed by atoms with Crippen LogP contribution in [0, 0.1) is 70.9 Å². The maximum Gasteiger partial charge on any atom is 0.475 e. The first-order valence-electron chi connectivity index (χ1n) is 41.5. The molecule has 5 aromatic heterocycles. The van der Waals surface area contributed by atoms with Crippen molar-refractivity contribution >= 4 is 41.7 Å². The van der Waals surface area contributed by atoms with Crippen LogP contribution in [0.3, 0.4) is 0 Å². The second-order valence-corrected chi connectivity index (χ2v) is 35.5. The summed E-state index contributed by atoms with van der Waals surface area (Å²) in [5.41, 5.74) is 24.6. The summed E-state index contributed by atoms with van der Waals surface area (Å²) in [4.78, 5) is 22.0. The number of pyridine rings is 5. The van der Waals surface area contributed by atoms with Crippen molar-refractivity contribution in [1.29, 1.82) is 0 Å². The molecule has 3 aliphatic rings. The topological polar surface area (TPSA) is 92.1 Å². The van der Waals surface area contributed by atoms with E-state index in [4.69, 9.17) is 14.0 Å². The van der Waals surface area contributed by atoms with Gasteiger partial charge in [0.1, 0.15) is 5.75 Å². The zero-order chi connectivity index (χ0) is 83.1. The van der Waals surface area contributed by atoms with Crippen LogP contribution in [0.25, 0.3) is 78.5 Å². The van der Waals surface area contributed by atoms with E-state index in [-0.39, 0.29) is 86.6 Å². The van der Waals surface area contributed by atoms with Crippen LogP contribution < -0.4 is 15.5 Å². The quantitative estimate of drug-likeness (QED) is 0.0604. The van der Waals surface area contributed by atoms with Gasteiger partial charge in [-0.05, 0) is 208 Å². The number of benzene rings is 9. The third-order valence-electron chi connectivity index (χ3n) is 21.5. The molecule has 8 nitrogen and oxygen atoms in total. The van der Waals surface area contributed by atoms with Crippen LogP contribution >= 0.6 is 23.9 Å². The van der Waals surface area contributed by atoms with Crippen LogP contribution in [-0.2, 0) is 76.0 Å². The molecule has 0 atom stereocenters. The molecule has 2 saturated carbocycles. The van der Waals surface area contributed by atoms with Gasteiger partial charge in [-0.2, -0.15) is 0 Å². The monoisotopic (exact) mass is 2210 g/mol. The van der Waals surface area contributed by atoms with E-state index in [2.05, 4.69) is 235 Å². The van der Waals surface area contributed by atoms with E-state index in [1.807, 2.05) is 224 Å². The van der Waals surface area contributed by atoms with Gasteiger partial charge >= 0.3 is 7.12 Å². The standard InChI is InChI=1S/C26H35OP.C18H21BNO2.C18H14N.C15H16N.2C12H10N.C6H5Br.3Ir/c1-20-12-11-18-24(27-2)26(20)23-17-9-10-19-25(23)28(21-13-5-3-6-14-21)22-15-7-4-8-16-22;1-13-9-10-16(20-12-13)14-7-6-8-15(11-14)19-21-17(2,3)18(4,5)22-19;1-14-10-11-18(19-13-14)17-9-5-8-16(12-17)15-6-3-2-4-7-15;1-12(2)10-13-8-9-15(16-11-13)14-6-4-3-5-7-14;2*1-10-7-8-12(13-9-10)11-5-3-2-4-6-11;7-6-4-2-1-3-5-6;;;/h9-12,17-19,21-22H,3-8,13-16H2,1-2H3;6,8-12H,1-5H3;2-8,10-13H,1H3;3-6,8-9,11-12H,10H2,1-2H3;2*2-5,7-9H,1H3;1-5H;;;/q;5*-1;;;;. The predicted molar refractivity (Wildman–Crippen MR) is 499 cm³/mol. The fourth-order valence-corrected chi connectivity index (χ4v) is 18.7. The minimum absolute atomic E-state index is 0. The fraction of sp³-hybridized carbons (Fsp3) is 0.262. The van der Waals surface area contributed by atoms with Gasteiger partial charge in [-0.3, -0.25) is 0 Å². The minimum Gasteiger partial charge on any atom is -0.496 e. The number of hydrogen-bond donors (Lipinski definition) is 0. The van der Waals surface area contributed by atoms with Crippen molar-refractivity contribution in [2.24, 2.45) is 5.92 Å². The average molecular weight is 2210 g/mol. The van der Waals surface area contributed by atoms with Gasteiger partial charge in [-0.15, -0.1) is 178 Å². The van der Waals surface area contributed by atoms with E-state index in [9.17, 15) is 0 Å². The number of methoxy groups -OCH3 is 1. The summed E-state index contributed by atoms with van der Waals surface area (Å²) in [5, 5.41) is 1.66. The number of nitrogens with zero attached hydrogens (tertiary/aromatic N) is 5. The van der Waals surface area contributed by atoms with E-state index < -0.39 is 0 Å². The van der Waals surface area contributed by atoms with Crippen LogP contribution in [-0.4, -0.2) is 61.7 Å². The molecule has 3 fully saturated rings. The summed E-state index contributed by atoms with van der Waals surface area (Å²) in [6.45, 7) is 23.1. The number of ether oxygens (including phenoxy) is 1. The Morgan fingerprint density at radius 1 is 0.413 bits per heavy atom. The molecule has 0 unspecified atom stereocenters. The molecule has 17 rings (SSSR count). The maximum atomic E-state index is 6.10. The molecule has 9 aromatic carbocycles. The number of hydrogen-bond acceptors (Lipinski definition) is 8. The second-order valence-electron chi connectivity index (χ2n) is 31.8. The van der Waals surface area contributed by atoms with Gasteiger partial charge < -0.3 is 39.0 Å². The summed E-state index contributed by atoms with van der Waals surface area (Å²) < 4.78 is 19.2. The normalized spacial score (nSPS) is 13.6. The van der Waals surface area contributed by atoms with Gasteiger partial charge in [0.2, 0.25) is 0 Å². The second kappa shape index (κ2) is 50.2. The van der Waals surface area contributed by atoms with Gasteiger partial charge in [0, 0.05) is 101 Å². The number of aromatic nitrogens is 5. The SMILES string of the molecule is Brc1ccccc1.CC(C)Cc1ccc(-c2[c-]cccc2)nc1.COc1cccc(C)c1-c1ccccc1P(C1CCCCC1)C1CCCCC1.Cc1ccc(-c2[c-]ccc(-c3ccccc3)c2)nc1.Cc1ccc(-c2[c-]ccc(B3OC(C)(C)C(C)(C)O3)c2)nc1.Cc1ccc(-c2[c-]cccc2)nc1.Cc1ccc(-c2[c-]cccc2)nc1.[Ir].[Ir].[Ir]. The van der Waals surface area contributed by atoms with Crippen molar-refractivity contribution in [3.63, 3.8) is 0 Å². The van der Waals surface area contributed by atoms with Gasteiger partial charge in [0.15, 0.2) is 0 Å². The first-order chi connectivity index (χ1) is 57.3. The third-order valence-corrected chi connectivity index (χ3v) is 25.5. The molecule has 14 heteroatoms. The zero-order valence-electron chi connectivity index (χ0n) is 71.7. The van der Waals surface area contributed by atoms with Gasteiger partial charge in [-0.25, -0.2) is 0 Å². The van der Waals surface area contributed by atoms with Crippen molar-refractivity contribution < 1.29 is 74.4 Å². The van der Waals surface area contributed by atoms with Crippen LogP contribution in [0.2, 0.25) is 0 Å². The van der Waals surface area contributed by atoms with Crippen LogP contribution in [0.4, 0.5) is 0 Å². The predicted octanol–water partition coefficient (Wildman–Crippen LogP) is 27.0. The van der Waals surface area contributed by atoms with E-state index in [1.54, 1.807) is 5.30 Å². The Labute approximate surface area is 773 Å². The van der Waals surface area contributed by atoms with Crippen molar-refractivity contribution in [3.05, 3.63) is 372 Å². The third kappa shape index (κ3) is 29.8. The molecule has 0 amide bonds. The molecule has 0 bridgehead atoms. The molecular weight excluding hydrogens is 2100 g/mol. The number of rotatable bonds is 14. The smallest absolute Gasteiger partial charge is 0.475 e. The molecule has 629 valence electrons. The average Bonchev–Trinajstić information content (AvgIpc) is 1.42. The fourth-order valence-electron chi connectivity index (χ4n) is 14.4. The van der Waals surface area contributed by atoms with Gasteiger partial charge in [0.05, 0.1) is 18.3 Å². The molecule has 1 aliphatic heterocycles. The maximum absolute atomic E-state index is 6.10. The Morgan fingerprint density at radius 3 is 1.22 bits per heavy atom. The van der Waals surface area contributed by atoms with Crippen molar-refractivity contribution in [2.75, 3.05) is 7.11 Å². The molecule has 1 saturated heterocycles. The van der Waals surface area contributed by atoms with E-state index >= 15 is 0 Å². The van der Waals surface area contributed by atoms with Gasteiger partial charge in [0.25, 0.3) is 0 Å². The Balaban J connectivity index is 0.000000180. The van der Waals surface area contributed by atoms with Crippen molar-refractivity contribution in [2.45, 2.75) is 169 Å². The molecule has 14 aromatic rings. The molecule has 0 spiro atoms. The van der Waals surface area contributed by atoms with E-state index in [0.29, 0.717) is 5.92 Å². The van der Waals surface area contributed by atoms with E-state index in [0.717, 1.165) is 95.3 Å². The first-order valence-corrected chi connectivity index (χ1v) is 43.8. The van der Waals surface area contributed by atoms with Crippen LogP contribution in [0.1, 0.15) is 139 Å². The summed E-state index contributed by atoms with van der Waals surface area (Å²) in [7, 11) is 1.33. The van der Waals surface area contributed by atoms with Crippen LogP contribution in [0.15, 0.2) is 308 Å². The minimum atomic E-state index is -0.358. The summed E-state index contributed by atoms with van der Waals surface area (Å²) in [5.74, 6) is 1.70. The Kier molecular flexibility index (Phi) is 40.6. The Morgan fingerprint density at radius 2 is 0.818 bits per heavy atom. The zero-order valence-corrected chi connectivity index (χ0v) is 81.4. The molecule has 121 heavy (non-hydrogen) atoms. The number of aryl methyl sites for hydroxylation is 5. The molecule has 6 heterocycles. The Hall–Kier alpha value is -8.63. The first kappa shape index (κ1) is 97.8. The summed E-state index contributed by atoms with van der Waals surface area (Å²) in [6, 6.07) is 108. The van der Waals surface area contributed by atoms with E-state index in [1.165, 1.54) is 114 Å². The molecular formula is C107H111BBrIr3N5O3P-5. The van der Waals surface area contributed by atoms with Crippen molar-refractivity contribution in [3.8, 4) is 84.3 Å². The largest absolute Gasteiger partial charge is 0.496 e. The number of halogens is 1. The summed E-state index contributed by atoms with van der Waals surface area (Å²) >= 11 is 3.31. The van der Waals surface area contributed by atoms with Gasteiger partial charge in [-0.1, -0.05) is 222 Å². The summed E-state index contributed by atoms with van der Waals surface area (Å²) in [6.07, 6.45) is 25.0. The van der Waals surface area contributed by atoms with Crippen LogP contribution in [0.5, 0.6) is 5.75 Å². The Bertz CT molecular complexity index is 5170. The molecule has 3 radical (unpaired) electrons.